The highest BCUT2D eigenvalue weighted by Gasteiger charge is 2.07. The van der Waals surface area contributed by atoms with Crippen molar-refractivity contribution in [2.24, 2.45) is 7.05 Å². The van der Waals surface area contributed by atoms with E-state index in [1.165, 1.54) is 0 Å². The standard InChI is InChI=1S/C8H10N2O/c1-6(2)8(11)7-4-10(3)5-9-7/h4-5H,1H2,2-3H3. The maximum absolute atomic E-state index is 11.2. The molecule has 0 saturated heterocycles. The molecule has 1 heterocycles. The molecule has 0 atom stereocenters. The molecule has 1 aromatic heterocycles. The van der Waals surface area contributed by atoms with Crippen molar-refractivity contribution in [3.05, 3.63) is 30.4 Å². The number of nitrogens with zero attached hydrogens (tertiary/aromatic N) is 2. The number of rotatable bonds is 2. The zero-order valence-corrected chi connectivity index (χ0v) is 6.66. The van der Waals surface area contributed by atoms with Crippen LogP contribution in [0.4, 0.5) is 0 Å². The Morgan fingerprint density at radius 1 is 1.73 bits per heavy atom. The van der Waals surface area contributed by atoms with Crippen LogP contribution in [0.1, 0.15) is 17.4 Å². The van der Waals surface area contributed by atoms with Gasteiger partial charge in [-0.15, -0.1) is 0 Å². The first-order valence-corrected chi connectivity index (χ1v) is 3.29. The quantitative estimate of drug-likeness (QED) is 0.468. The van der Waals surface area contributed by atoms with Gasteiger partial charge >= 0.3 is 0 Å². The van der Waals surface area contributed by atoms with E-state index in [1.807, 2.05) is 7.05 Å². The molecule has 3 nitrogen and oxygen atoms in total. The number of ketones is 1. The predicted molar refractivity (Wildman–Crippen MR) is 42.4 cm³/mol. The van der Waals surface area contributed by atoms with Gasteiger partial charge in [-0.2, -0.15) is 0 Å². The second-order valence-corrected chi connectivity index (χ2v) is 2.53. The van der Waals surface area contributed by atoms with Gasteiger partial charge in [0, 0.05) is 13.2 Å². The number of hydrogen-bond acceptors (Lipinski definition) is 2. The van der Waals surface area contributed by atoms with E-state index in [9.17, 15) is 4.79 Å². The van der Waals surface area contributed by atoms with E-state index in [4.69, 9.17) is 0 Å². The van der Waals surface area contributed by atoms with E-state index in [1.54, 1.807) is 24.0 Å². The first-order chi connectivity index (χ1) is 5.11. The molecule has 58 valence electrons. The minimum atomic E-state index is -0.0920. The molecule has 1 rings (SSSR count). The largest absolute Gasteiger partial charge is 0.340 e. The van der Waals surface area contributed by atoms with E-state index in [0.29, 0.717) is 11.3 Å². The average Bonchev–Trinajstić information content (AvgIpc) is 2.34. The van der Waals surface area contributed by atoms with Crippen LogP contribution in [0.25, 0.3) is 0 Å². The van der Waals surface area contributed by atoms with Gasteiger partial charge < -0.3 is 4.57 Å². The number of carbonyl (C=O) groups excluding carboxylic acids is 1. The Morgan fingerprint density at radius 2 is 2.36 bits per heavy atom. The van der Waals surface area contributed by atoms with Gasteiger partial charge in [0.1, 0.15) is 5.69 Å². The lowest BCUT2D eigenvalue weighted by molar-refractivity contribution is 0.103. The summed E-state index contributed by atoms with van der Waals surface area (Å²) in [4.78, 5) is 15.1. The van der Waals surface area contributed by atoms with Gasteiger partial charge in [-0.1, -0.05) is 6.58 Å². The predicted octanol–water partition coefficient (Wildman–Crippen LogP) is 1.18. The molecule has 0 unspecified atom stereocenters. The van der Waals surface area contributed by atoms with Gasteiger partial charge in [0.05, 0.1) is 6.33 Å². The minimum absolute atomic E-state index is 0.0920. The Balaban J connectivity index is 2.94. The Labute approximate surface area is 65.4 Å². The Bertz CT molecular complexity index is 299. The van der Waals surface area contributed by atoms with Crippen LogP contribution in [0.15, 0.2) is 24.7 Å². The van der Waals surface area contributed by atoms with Crippen molar-refractivity contribution in [3.63, 3.8) is 0 Å². The van der Waals surface area contributed by atoms with E-state index in [-0.39, 0.29) is 5.78 Å². The molecule has 0 amide bonds. The molecule has 11 heavy (non-hydrogen) atoms. The van der Waals surface area contributed by atoms with Crippen LogP contribution < -0.4 is 0 Å². The van der Waals surface area contributed by atoms with Crippen LogP contribution in [0.3, 0.4) is 0 Å². The number of imidazole rings is 1. The minimum Gasteiger partial charge on any atom is -0.340 e. The number of Topliss-reactive ketones (excluding diaryl/α,β-unsaturated/α-hetero) is 1. The first-order valence-electron chi connectivity index (χ1n) is 3.29. The normalized spacial score (nSPS) is 9.64. The van der Waals surface area contributed by atoms with E-state index >= 15 is 0 Å². The Hall–Kier alpha value is -1.38. The van der Waals surface area contributed by atoms with Crippen molar-refractivity contribution in [1.82, 2.24) is 9.55 Å². The van der Waals surface area contributed by atoms with Gasteiger partial charge in [-0.3, -0.25) is 4.79 Å². The van der Waals surface area contributed by atoms with Gasteiger partial charge in [0.2, 0.25) is 5.78 Å². The van der Waals surface area contributed by atoms with Crippen molar-refractivity contribution >= 4 is 5.78 Å². The summed E-state index contributed by atoms with van der Waals surface area (Å²) in [5.74, 6) is -0.0920. The number of hydrogen-bond donors (Lipinski definition) is 0. The monoisotopic (exact) mass is 150 g/mol. The second-order valence-electron chi connectivity index (χ2n) is 2.53. The van der Waals surface area contributed by atoms with E-state index < -0.39 is 0 Å². The Kier molecular flexibility index (Phi) is 1.89. The fraction of sp³-hybridized carbons (Fsp3) is 0.250. The lowest BCUT2D eigenvalue weighted by atomic mass is 10.2. The average molecular weight is 150 g/mol. The lowest BCUT2D eigenvalue weighted by Crippen LogP contribution is -1.99. The maximum atomic E-state index is 11.2. The third-order valence-electron chi connectivity index (χ3n) is 1.33. The first kappa shape index (κ1) is 7.72. The number of aromatic nitrogens is 2. The van der Waals surface area contributed by atoms with Crippen LogP contribution >= 0.6 is 0 Å². The van der Waals surface area contributed by atoms with Crippen molar-refractivity contribution in [3.8, 4) is 0 Å². The topological polar surface area (TPSA) is 34.9 Å². The fourth-order valence-corrected chi connectivity index (χ4v) is 0.749. The molecule has 0 saturated carbocycles. The van der Waals surface area contributed by atoms with Gasteiger partial charge in [0.25, 0.3) is 0 Å². The van der Waals surface area contributed by atoms with Crippen LogP contribution in [-0.4, -0.2) is 15.3 Å². The van der Waals surface area contributed by atoms with Crippen molar-refractivity contribution in [2.75, 3.05) is 0 Å². The summed E-state index contributed by atoms with van der Waals surface area (Å²) in [5, 5.41) is 0. The Morgan fingerprint density at radius 3 is 2.73 bits per heavy atom. The zero-order valence-electron chi connectivity index (χ0n) is 6.66. The molecule has 0 spiro atoms. The molecule has 0 radical (unpaired) electrons. The highest BCUT2D eigenvalue weighted by molar-refractivity contribution is 6.06. The summed E-state index contributed by atoms with van der Waals surface area (Å²) in [5.41, 5.74) is 0.976. The molecule has 1 aromatic rings. The lowest BCUT2D eigenvalue weighted by Gasteiger charge is -1.91. The summed E-state index contributed by atoms with van der Waals surface area (Å²) in [6, 6.07) is 0. The highest BCUT2D eigenvalue weighted by atomic mass is 16.1. The van der Waals surface area contributed by atoms with E-state index in [2.05, 4.69) is 11.6 Å². The third-order valence-corrected chi connectivity index (χ3v) is 1.33. The third kappa shape index (κ3) is 1.55. The molecule has 0 aliphatic heterocycles. The fourth-order valence-electron chi connectivity index (χ4n) is 0.749. The maximum Gasteiger partial charge on any atom is 0.208 e. The molecule has 0 aliphatic rings. The second kappa shape index (κ2) is 2.70. The molecule has 0 fully saturated rings. The summed E-state index contributed by atoms with van der Waals surface area (Å²) >= 11 is 0. The summed E-state index contributed by atoms with van der Waals surface area (Å²) < 4.78 is 1.73. The molecule has 0 aliphatic carbocycles. The van der Waals surface area contributed by atoms with Crippen molar-refractivity contribution in [1.29, 1.82) is 0 Å². The molecular formula is C8H10N2O. The summed E-state index contributed by atoms with van der Waals surface area (Å²) in [6.45, 7) is 5.22. The van der Waals surface area contributed by atoms with Crippen molar-refractivity contribution < 1.29 is 4.79 Å². The van der Waals surface area contributed by atoms with Crippen LogP contribution in [-0.2, 0) is 7.05 Å². The van der Waals surface area contributed by atoms with Crippen LogP contribution in [0, 0.1) is 0 Å². The molecule has 0 aromatic carbocycles. The molecule has 3 heteroatoms. The van der Waals surface area contributed by atoms with Gasteiger partial charge in [-0.25, -0.2) is 4.98 Å². The molecular weight excluding hydrogens is 140 g/mol. The van der Waals surface area contributed by atoms with Gasteiger partial charge in [-0.05, 0) is 12.5 Å². The van der Waals surface area contributed by atoms with E-state index in [0.717, 1.165) is 0 Å². The van der Waals surface area contributed by atoms with Crippen LogP contribution in [0.5, 0.6) is 0 Å². The summed E-state index contributed by atoms with van der Waals surface area (Å²) in [7, 11) is 1.82. The zero-order chi connectivity index (χ0) is 8.43. The summed E-state index contributed by atoms with van der Waals surface area (Å²) in [6.07, 6.45) is 3.27. The number of allylic oxidation sites excluding steroid dienone is 1. The number of carbonyl (C=O) groups is 1. The van der Waals surface area contributed by atoms with Gasteiger partial charge in [0.15, 0.2) is 0 Å². The van der Waals surface area contributed by atoms with Crippen LogP contribution in [0.2, 0.25) is 0 Å². The molecule has 0 N–H and O–H groups in total. The molecule has 0 bridgehead atoms. The SMILES string of the molecule is C=C(C)C(=O)c1cn(C)cn1. The number of aryl methyl sites for hydroxylation is 1. The smallest absolute Gasteiger partial charge is 0.208 e. The van der Waals surface area contributed by atoms with Crippen molar-refractivity contribution in [2.45, 2.75) is 6.92 Å². The highest BCUT2D eigenvalue weighted by Crippen LogP contribution is 2.01.